The lowest BCUT2D eigenvalue weighted by Gasteiger charge is -2.31. The molecule has 49 nitrogen and oxygen atoms in total. The Morgan fingerprint density at radius 1 is 0.413 bits per heavy atom. The highest BCUT2D eigenvalue weighted by atomic mass is 32.2. The number of hydrogen-bond acceptors (Lipinski definition) is 29. The Bertz CT molecular complexity index is 4360. The highest BCUT2D eigenvalue weighted by Crippen LogP contribution is 2.18. The molecule has 19 atom stereocenters. The topological polar surface area (TPSA) is 797 Å². The van der Waals surface area contributed by atoms with E-state index in [2.05, 4.69) is 113 Å². The van der Waals surface area contributed by atoms with Crippen LogP contribution in [0.2, 0.25) is 0 Å². The molecule has 0 bridgehead atoms. The average Bonchev–Trinajstić information content (AvgIpc) is 1.12. The fraction of sp³-hybridized carbons (Fsp3) is 0.655. The van der Waals surface area contributed by atoms with Crippen molar-refractivity contribution < 1.29 is 126 Å². The molecule has 0 unspecified atom stereocenters. The maximum Gasteiger partial charge on any atom is 0.322 e. The van der Waals surface area contributed by atoms with Crippen LogP contribution in [0.25, 0.3) is 0 Å². The first kappa shape index (κ1) is 122. The van der Waals surface area contributed by atoms with Crippen LogP contribution in [-0.4, -0.2) is 313 Å². The number of H-pyrrole nitrogens is 1. The number of nitrogens with two attached hydrogens (primary N) is 4. The molecule has 0 aliphatic carbocycles. The summed E-state index contributed by atoms with van der Waals surface area (Å²) < 4.78 is 0. The molecular formula is C87H143N23O26S2. The van der Waals surface area contributed by atoms with Crippen LogP contribution in [0.1, 0.15) is 184 Å². The van der Waals surface area contributed by atoms with Gasteiger partial charge >= 0.3 is 17.9 Å². The van der Waals surface area contributed by atoms with Crippen LogP contribution >= 0.6 is 24.4 Å². The second-order valence-corrected chi connectivity index (χ2v) is 36.2. The first-order chi connectivity index (χ1) is 64.9. The molecule has 0 spiro atoms. The number of aliphatic hydroxyl groups is 2. The molecule has 0 saturated heterocycles. The minimum absolute atomic E-state index is 0.0197. The minimum atomic E-state index is -2.19. The zero-order valence-electron chi connectivity index (χ0n) is 79.9. The van der Waals surface area contributed by atoms with Crippen molar-refractivity contribution in [2.45, 2.75) is 294 Å². The number of unbranched alkanes of at least 4 members (excludes halogenated alkanes) is 2. The van der Waals surface area contributed by atoms with Gasteiger partial charge in [-0.3, -0.25) is 101 Å². The highest BCUT2D eigenvalue weighted by Gasteiger charge is 2.41. The number of aromatic nitrogens is 2. The number of carboxylic acids is 3. The van der Waals surface area contributed by atoms with Gasteiger partial charge in [-0.25, -0.2) is 4.98 Å². The second-order valence-electron chi connectivity index (χ2n) is 34.8. The molecular weight excluding hydrogens is 1850 g/mol. The largest absolute Gasteiger partial charge is 0.481 e. The van der Waals surface area contributed by atoms with E-state index in [0.717, 1.165) is 20.8 Å². The number of carboxylic acid groups (broad SMARTS) is 3. The number of primary amides is 1. The Morgan fingerprint density at radius 3 is 1.30 bits per heavy atom. The van der Waals surface area contributed by atoms with Crippen LogP contribution in [0.5, 0.6) is 0 Å². The zero-order valence-corrected chi connectivity index (χ0v) is 81.6. The Labute approximate surface area is 810 Å². The van der Waals surface area contributed by atoms with Crippen LogP contribution in [0.4, 0.5) is 0 Å². The van der Waals surface area contributed by atoms with Crippen molar-refractivity contribution in [3.63, 3.8) is 0 Å². The summed E-state index contributed by atoms with van der Waals surface area (Å²) in [6.07, 6.45) is -1.79. The van der Waals surface area contributed by atoms with E-state index in [1.807, 2.05) is 13.8 Å². The van der Waals surface area contributed by atoms with E-state index < -0.39 is 284 Å². The van der Waals surface area contributed by atoms with Crippen LogP contribution in [0.3, 0.4) is 0 Å². The molecule has 18 amide bonds. The van der Waals surface area contributed by atoms with Gasteiger partial charge in [0.15, 0.2) is 0 Å². The van der Waals surface area contributed by atoms with Gasteiger partial charge in [0.05, 0.1) is 44.0 Å². The summed E-state index contributed by atoms with van der Waals surface area (Å²) >= 11 is 5.56. The van der Waals surface area contributed by atoms with Gasteiger partial charge in [0.2, 0.25) is 106 Å². The standard InChI is InChI=1S/C87H143N23O26S2/c1-13-46(8)69(108-83(132)58(33-45(6)7)103-79(128)57(32-44(4)5)102-77(126)55(27-30-138-12)97-65(114)39-93-74(123)63(41-137)107-80(129)56(31-43(2)3)101-73(122)52(90)23-17-19-28-88)86(135)110-71(49(11)112)87(136)99-54(25-26-66(115)116)76(125)106-62(37-67(117)118)78(127)96-47(9)72(121)100-61(36-64(91)113)82(131)105-60(35-51-38-92-42-95-51)81(130)98-53(24-18-20-29-89)75(124)104-59(34-50-21-15-14-16-22-50)84(133)109-70(48(10)111)85(134)94-40-68(119)120/h14-16,21-22,38,42-49,52-63,69-71,111-112,137H,13,17-20,23-37,39-41,88-90H2,1-12H3,(H2,91,113)(H,92,95)(H,93,123)(H,94,134)(H,96,127)(H,97,114)(H,98,130)(H,99,136)(H,100,121)(H,101,122)(H,102,126)(H,103,128)(H,104,124)(H,105,131)(H,106,125)(H,107,129)(H,108,132)(H,109,133)(H,110,135)(H,115,116)(H,117,118)(H,119,120)/t46-,47-,48+,49+,52-,53-,54-,55-,56-,57-,58-,59-,60-,61-,62-,63-,69-,70-,71-/m0/s1. The summed E-state index contributed by atoms with van der Waals surface area (Å²) in [5.41, 5.74) is 23.6. The molecule has 1 aromatic heterocycles. The first-order valence-corrected chi connectivity index (χ1v) is 47.6. The summed E-state index contributed by atoms with van der Waals surface area (Å²) in [5.74, 6) is -25.1. The third-order valence-corrected chi connectivity index (χ3v) is 22.4. The number of nitrogens with zero attached hydrogens (tertiary/aromatic N) is 1. The molecule has 2 rings (SSSR count). The van der Waals surface area contributed by atoms with Gasteiger partial charge in [-0.2, -0.15) is 24.4 Å². The van der Waals surface area contributed by atoms with Crippen LogP contribution < -0.4 is 113 Å². The number of carbonyl (C=O) groups is 21. The quantitative estimate of drug-likeness (QED) is 0.0216. The van der Waals surface area contributed by atoms with E-state index in [-0.39, 0.29) is 87.1 Å². The van der Waals surface area contributed by atoms with E-state index in [4.69, 9.17) is 28.0 Å². The van der Waals surface area contributed by atoms with Crippen LogP contribution in [0, 0.1) is 23.7 Å². The van der Waals surface area contributed by atoms with E-state index in [1.54, 1.807) is 71.2 Å². The fourth-order valence-corrected chi connectivity index (χ4v) is 14.3. The number of rotatable bonds is 68. The third kappa shape index (κ3) is 46.8. The first-order valence-electron chi connectivity index (χ1n) is 45.6. The molecule has 51 heteroatoms. The van der Waals surface area contributed by atoms with Crippen LogP contribution in [0.15, 0.2) is 42.9 Å². The van der Waals surface area contributed by atoms with Gasteiger partial charge in [-0.15, -0.1) is 0 Å². The van der Waals surface area contributed by atoms with Crippen molar-refractivity contribution in [3.8, 4) is 0 Å². The SMILES string of the molecule is CC[C@H](C)[C@H](NC(=O)[C@H](CC(C)C)NC(=O)[C@H](CC(C)C)NC(=O)[C@H](CCSC)NC(=O)CNC(=O)[C@H](CS)NC(=O)[C@H](CC(C)C)NC(=O)[C@@H](N)CCCCN)C(=O)N[C@H](C(=O)N[C@@H](CCC(=O)O)C(=O)N[C@@H](CC(=O)O)C(=O)N[C@@H](C)C(=O)N[C@@H](CC(N)=O)C(=O)N[C@@H](Cc1cnc[nH]1)C(=O)N[C@@H](CCCCN)C(=O)N[C@@H](Cc1ccccc1)C(=O)N[C@H](C(=O)NCC(=O)O)[C@@H](C)O)[C@@H](C)O. The number of carbonyl (C=O) groups excluding carboxylic acids is 18. The predicted molar refractivity (Wildman–Crippen MR) is 505 cm³/mol. The average molecular weight is 1990 g/mol. The summed E-state index contributed by atoms with van der Waals surface area (Å²) in [4.78, 5) is 294. The summed E-state index contributed by atoms with van der Waals surface area (Å²) in [6, 6.07) is -17.5. The van der Waals surface area contributed by atoms with Crippen molar-refractivity contribution in [2.75, 3.05) is 43.9 Å². The second kappa shape index (κ2) is 64.1. The smallest absolute Gasteiger partial charge is 0.322 e. The fourth-order valence-electron chi connectivity index (χ4n) is 13.6. The third-order valence-electron chi connectivity index (χ3n) is 21.3. The molecule has 1 heterocycles. The van der Waals surface area contributed by atoms with Gasteiger partial charge in [0.25, 0.3) is 0 Å². The Kier molecular flexibility index (Phi) is 56.6. The number of thiol groups is 1. The van der Waals surface area contributed by atoms with E-state index in [1.165, 1.54) is 31.2 Å². The van der Waals surface area contributed by atoms with E-state index in [9.17, 15) is 121 Å². The molecule has 0 aliphatic heterocycles. The molecule has 138 heavy (non-hydrogen) atoms. The summed E-state index contributed by atoms with van der Waals surface area (Å²) in [7, 11) is 0. The molecule has 1 aromatic carbocycles. The molecule has 31 N–H and O–H groups in total. The lowest BCUT2D eigenvalue weighted by molar-refractivity contribution is -0.142. The normalized spacial score (nSPS) is 15.4. The number of thioether (sulfide) groups is 1. The molecule has 2 aromatic rings. The maximum absolute atomic E-state index is 14.6. The van der Waals surface area contributed by atoms with Gasteiger partial charge in [-0.05, 0) is 139 Å². The zero-order chi connectivity index (χ0) is 104. The highest BCUT2D eigenvalue weighted by molar-refractivity contribution is 7.98. The lowest BCUT2D eigenvalue weighted by Crippen LogP contribution is -2.63. The van der Waals surface area contributed by atoms with Crippen molar-refractivity contribution in [2.24, 2.45) is 46.6 Å². The summed E-state index contributed by atoms with van der Waals surface area (Å²) in [6.45, 7) is 15.9. The maximum atomic E-state index is 14.6. The predicted octanol–water partition coefficient (Wildman–Crippen LogP) is -6.77. The van der Waals surface area contributed by atoms with E-state index in [0.29, 0.717) is 43.5 Å². The number of imidazole rings is 1. The number of amides is 18. The minimum Gasteiger partial charge on any atom is -0.481 e. The number of aliphatic hydroxyl groups excluding tert-OH is 2. The Morgan fingerprint density at radius 2 is 0.819 bits per heavy atom. The molecule has 0 saturated carbocycles. The molecule has 774 valence electrons. The van der Waals surface area contributed by atoms with Gasteiger partial charge in [0, 0.05) is 36.9 Å². The van der Waals surface area contributed by atoms with Gasteiger partial charge in [-0.1, -0.05) is 98.6 Å². The van der Waals surface area contributed by atoms with Crippen molar-refractivity contribution >= 4 is 149 Å². The number of aliphatic carboxylic acids is 3. The van der Waals surface area contributed by atoms with E-state index >= 15 is 0 Å². The monoisotopic (exact) mass is 1990 g/mol. The lowest BCUT2D eigenvalue weighted by atomic mass is 9.95. The summed E-state index contributed by atoms with van der Waals surface area (Å²) in [5, 5.41) is 91.7. The number of hydrogen-bond donors (Lipinski definition) is 28. The Hall–Kier alpha value is -12.2. The number of nitrogens with one attached hydrogen (secondary N) is 18. The number of benzene rings is 1. The molecule has 0 radical (unpaired) electrons. The molecule has 0 fully saturated rings. The van der Waals surface area contributed by atoms with Crippen molar-refractivity contribution in [1.29, 1.82) is 0 Å². The van der Waals surface area contributed by atoms with Crippen LogP contribution in [-0.2, 0) is 114 Å². The van der Waals surface area contributed by atoms with Crippen molar-refractivity contribution in [1.82, 2.24) is 100 Å². The molecule has 0 aliphatic rings. The van der Waals surface area contributed by atoms with Gasteiger partial charge < -0.3 is 144 Å². The van der Waals surface area contributed by atoms with Crippen molar-refractivity contribution in [3.05, 3.63) is 54.1 Å². The van der Waals surface area contributed by atoms with Gasteiger partial charge in [0.1, 0.15) is 97.2 Å². The Balaban J connectivity index is 2.45. The number of aromatic amines is 1.